The Morgan fingerprint density at radius 1 is 1.13 bits per heavy atom. The Labute approximate surface area is 91.1 Å². The maximum atomic E-state index is 6.04. The quantitative estimate of drug-likeness (QED) is 0.760. The van der Waals surface area contributed by atoms with Crippen molar-refractivity contribution < 1.29 is 0 Å². The first-order chi connectivity index (χ1) is 7.34. The Morgan fingerprint density at radius 2 is 1.87 bits per heavy atom. The molecule has 2 nitrogen and oxygen atoms in total. The molecule has 0 unspecified atom stereocenters. The summed E-state index contributed by atoms with van der Waals surface area (Å²) in [5, 5.41) is 0. The van der Waals surface area contributed by atoms with E-state index in [9.17, 15) is 0 Å². The molecule has 15 heavy (non-hydrogen) atoms. The lowest BCUT2D eigenvalue weighted by Gasteiger charge is -2.26. The van der Waals surface area contributed by atoms with Crippen LogP contribution in [0.3, 0.4) is 0 Å². The van der Waals surface area contributed by atoms with Crippen molar-refractivity contribution in [3.63, 3.8) is 0 Å². The Kier molecular flexibility index (Phi) is 2.08. The molecule has 0 aliphatic heterocycles. The molecule has 80 valence electrons. The van der Waals surface area contributed by atoms with Gasteiger partial charge in [0.25, 0.3) is 0 Å². The predicted octanol–water partition coefficient (Wildman–Crippen LogP) is 2.65. The number of hydrogen-bond acceptors (Lipinski definition) is 2. The van der Waals surface area contributed by atoms with E-state index in [-0.39, 0.29) is 0 Å². The molecule has 0 aromatic heterocycles. The summed E-state index contributed by atoms with van der Waals surface area (Å²) < 4.78 is 0. The van der Waals surface area contributed by atoms with Gasteiger partial charge >= 0.3 is 0 Å². The summed E-state index contributed by atoms with van der Waals surface area (Å²) in [6.07, 6.45) is 5.52. The molecule has 0 amide bonds. The number of nitrogen functional groups attached to an aromatic ring is 1. The van der Waals surface area contributed by atoms with Gasteiger partial charge in [-0.2, -0.15) is 0 Å². The number of para-hydroxylation sites is 2. The zero-order chi connectivity index (χ0) is 10.3. The maximum Gasteiger partial charge on any atom is 0.0602 e. The Balaban J connectivity index is 1.83. The lowest BCUT2D eigenvalue weighted by atomic mass is 10.2. The van der Waals surface area contributed by atoms with Crippen molar-refractivity contribution in [3.05, 3.63) is 24.3 Å². The van der Waals surface area contributed by atoms with Crippen molar-refractivity contribution in [2.45, 2.75) is 31.7 Å². The highest BCUT2D eigenvalue weighted by atomic mass is 15.2. The number of nitrogens with zero attached hydrogens (tertiary/aromatic N) is 1. The molecule has 0 radical (unpaired) electrons. The van der Waals surface area contributed by atoms with Crippen LogP contribution in [0.2, 0.25) is 0 Å². The van der Waals surface area contributed by atoms with Crippen LogP contribution < -0.4 is 10.6 Å². The molecular formula is C13H18N2. The fraction of sp³-hybridized carbons (Fsp3) is 0.538. The Hall–Kier alpha value is -1.18. The van der Waals surface area contributed by atoms with E-state index < -0.39 is 0 Å². The molecule has 2 heteroatoms. The topological polar surface area (TPSA) is 29.3 Å². The molecule has 2 saturated carbocycles. The van der Waals surface area contributed by atoms with Crippen molar-refractivity contribution in [2.75, 3.05) is 17.2 Å². The van der Waals surface area contributed by atoms with Crippen molar-refractivity contribution in [2.24, 2.45) is 5.92 Å². The van der Waals surface area contributed by atoms with Gasteiger partial charge in [-0.15, -0.1) is 0 Å². The fourth-order valence-corrected chi connectivity index (χ4v) is 2.16. The highest BCUT2D eigenvalue weighted by Crippen LogP contribution is 2.39. The van der Waals surface area contributed by atoms with E-state index >= 15 is 0 Å². The van der Waals surface area contributed by atoms with E-state index in [1.54, 1.807) is 0 Å². The summed E-state index contributed by atoms with van der Waals surface area (Å²) in [4.78, 5) is 2.53. The average molecular weight is 202 g/mol. The van der Waals surface area contributed by atoms with Gasteiger partial charge in [0.1, 0.15) is 0 Å². The molecule has 0 spiro atoms. The van der Waals surface area contributed by atoms with E-state index in [4.69, 9.17) is 5.73 Å². The lowest BCUT2D eigenvalue weighted by Crippen LogP contribution is -2.28. The number of nitrogens with two attached hydrogens (primary N) is 1. The van der Waals surface area contributed by atoms with Gasteiger partial charge < -0.3 is 10.6 Å². The SMILES string of the molecule is Nc1ccccc1N(CC1CC1)C1CC1. The van der Waals surface area contributed by atoms with Gasteiger partial charge in [0, 0.05) is 12.6 Å². The second-order valence-electron chi connectivity index (χ2n) is 4.89. The molecule has 0 atom stereocenters. The van der Waals surface area contributed by atoms with Gasteiger partial charge in [0.2, 0.25) is 0 Å². The first kappa shape index (κ1) is 9.08. The van der Waals surface area contributed by atoms with Gasteiger partial charge in [0.05, 0.1) is 11.4 Å². The number of rotatable bonds is 4. The summed E-state index contributed by atoms with van der Waals surface area (Å²) >= 11 is 0. The fourth-order valence-electron chi connectivity index (χ4n) is 2.16. The van der Waals surface area contributed by atoms with Crippen LogP contribution in [0.4, 0.5) is 11.4 Å². The van der Waals surface area contributed by atoms with Crippen LogP contribution in [0.5, 0.6) is 0 Å². The molecule has 0 bridgehead atoms. The maximum absolute atomic E-state index is 6.04. The van der Waals surface area contributed by atoms with Crippen molar-refractivity contribution in [1.82, 2.24) is 0 Å². The standard InChI is InChI=1S/C13H18N2/c14-12-3-1-2-4-13(12)15(11-7-8-11)9-10-5-6-10/h1-4,10-11H,5-9,14H2. The molecule has 2 aliphatic rings. The highest BCUT2D eigenvalue weighted by Gasteiger charge is 2.34. The van der Waals surface area contributed by atoms with E-state index in [1.807, 2.05) is 12.1 Å². The van der Waals surface area contributed by atoms with Gasteiger partial charge in [-0.1, -0.05) is 12.1 Å². The van der Waals surface area contributed by atoms with Gasteiger partial charge in [0.15, 0.2) is 0 Å². The Morgan fingerprint density at radius 3 is 2.47 bits per heavy atom. The van der Waals surface area contributed by atoms with Crippen LogP contribution in [-0.2, 0) is 0 Å². The normalized spacial score (nSPS) is 20.3. The zero-order valence-electron chi connectivity index (χ0n) is 9.02. The van der Waals surface area contributed by atoms with E-state index in [0.717, 1.165) is 17.6 Å². The molecule has 1 aromatic carbocycles. The predicted molar refractivity (Wildman–Crippen MR) is 63.9 cm³/mol. The Bertz CT molecular complexity index is 353. The number of anilines is 2. The molecular weight excluding hydrogens is 184 g/mol. The summed E-state index contributed by atoms with van der Waals surface area (Å²) in [6.45, 7) is 1.22. The first-order valence-electron chi connectivity index (χ1n) is 5.96. The number of benzene rings is 1. The van der Waals surface area contributed by atoms with E-state index in [1.165, 1.54) is 37.9 Å². The molecule has 0 heterocycles. The zero-order valence-corrected chi connectivity index (χ0v) is 9.02. The smallest absolute Gasteiger partial charge is 0.0602 e. The van der Waals surface area contributed by atoms with Gasteiger partial charge in [-0.25, -0.2) is 0 Å². The largest absolute Gasteiger partial charge is 0.397 e. The molecule has 3 rings (SSSR count). The minimum atomic E-state index is 0.773. The van der Waals surface area contributed by atoms with Crippen molar-refractivity contribution in [3.8, 4) is 0 Å². The van der Waals surface area contributed by atoms with E-state index in [0.29, 0.717) is 0 Å². The summed E-state index contributed by atoms with van der Waals surface area (Å²) in [7, 11) is 0. The van der Waals surface area contributed by atoms with Crippen LogP contribution in [0.1, 0.15) is 25.7 Å². The molecule has 2 aliphatic carbocycles. The summed E-state index contributed by atoms with van der Waals surface area (Å²) in [5.74, 6) is 0.935. The van der Waals surface area contributed by atoms with Crippen LogP contribution in [0.15, 0.2) is 24.3 Å². The molecule has 2 fully saturated rings. The lowest BCUT2D eigenvalue weighted by molar-refractivity contribution is 0.720. The summed E-state index contributed by atoms with van der Waals surface area (Å²) in [6, 6.07) is 9.05. The van der Waals surface area contributed by atoms with Gasteiger partial charge in [-0.3, -0.25) is 0 Å². The molecule has 2 N–H and O–H groups in total. The van der Waals surface area contributed by atoms with Crippen LogP contribution in [0, 0.1) is 5.92 Å². The molecule has 0 saturated heterocycles. The van der Waals surface area contributed by atoms with Crippen molar-refractivity contribution in [1.29, 1.82) is 0 Å². The average Bonchev–Trinajstić information content (AvgIpc) is 3.10. The second kappa shape index (κ2) is 3.44. The molecule has 1 aromatic rings. The summed E-state index contributed by atoms with van der Waals surface area (Å²) in [5.41, 5.74) is 8.23. The van der Waals surface area contributed by atoms with Crippen molar-refractivity contribution >= 4 is 11.4 Å². The van der Waals surface area contributed by atoms with Crippen LogP contribution in [-0.4, -0.2) is 12.6 Å². The third kappa shape index (κ3) is 1.94. The van der Waals surface area contributed by atoms with E-state index in [2.05, 4.69) is 17.0 Å². The monoisotopic (exact) mass is 202 g/mol. The third-order valence-electron chi connectivity index (χ3n) is 3.39. The van der Waals surface area contributed by atoms with Crippen LogP contribution in [0.25, 0.3) is 0 Å². The second-order valence-corrected chi connectivity index (χ2v) is 4.89. The first-order valence-corrected chi connectivity index (χ1v) is 5.96. The van der Waals surface area contributed by atoms with Crippen LogP contribution >= 0.6 is 0 Å². The number of hydrogen-bond donors (Lipinski definition) is 1. The van der Waals surface area contributed by atoms with Gasteiger partial charge in [-0.05, 0) is 43.7 Å². The minimum absolute atomic E-state index is 0.773. The highest BCUT2D eigenvalue weighted by molar-refractivity contribution is 5.68. The third-order valence-corrected chi connectivity index (χ3v) is 3.39. The minimum Gasteiger partial charge on any atom is -0.397 e.